The maximum atomic E-state index is 12.9. The van der Waals surface area contributed by atoms with Crippen molar-refractivity contribution in [2.75, 3.05) is 36.6 Å². The fourth-order valence-corrected chi connectivity index (χ4v) is 5.85. The molecule has 2 saturated heterocycles. The van der Waals surface area contributed by atoms with E-state index in [1.165, 1.54) is 46.1 Å². The predicted molar refractivity (Wildman–Crippen MR) is 117 cm³/mol. The summed E-state index contributed by atoms with van der Waals surface area (Å²) in [6.07, 6.45) is 1.45. The van der Waals surface area contributed by atoms with Crippen molar-refractivity contribution >= 4 is 56.9 Å². The standard InChI is InChI=1S/C19H24ClN3O6S2/c1-13(29-18(25)10-22-12-30-11-17(22)24)19(26)21-16-9-14(5-6-15(16)20)31(27,28)23-7-3-2-4-8-23/h5-6,9,13H,2-4,7-8,10-12H2,1H3,(H,21,26)/t13-/m1/s1. The van der Waals surface area contributed by atoms with Crippen LogP contribution in [0.1, 0.15) is 26.2 Å². The van der Waals surface area contributed by atoms with E-state index in [0.717, 1.165) is 19.3 Å². The number of thioether (sulfide) groups is 1. The Balaban J connectivity index is 1.64. The SMILES string of the molecule is C[C@@H](OC(=O)CN1CSCC1=O)C(=O)Nc1cc(S(=O)(=O)N2CCCCC2)ccc1Cl. The number of sulfonamides is 1. The smallest absolute Gasteiger partial charge is 0.326 e. The second-order valence-electron chi connectivity index (χ2n) is 7.30. The van der Waals surface area contributed by atoms with Crippen LogP contribution in [-0.4, -0.2) is 72.8 Å². The van der Waals surface area contributed by atoms with E-state index in [0.29, 0.717) is 24.7 Å². The monoisotopic (exact) mass is 489 g/mol. The Bertz CT molecular complexity index is 965. The zero-order chi connectivity index (χ0) is 22.6. The first-order valence-electron chi connectivity index (χ1n) is 9.84. The number of amides is 2. The molecule has 2 heterocycles. The Morgan fingerprint density at radius 2 is 1.97 bits per heavy atom. The summed E-state index contributed by atoms with van der Waals surface area (Å²) in [4.78, 5) is 37.5. The van der Waals surface area contributed by atoms with Gasteiger partial charge in [0.2, 0.25) is 15.9 Å². The van der Waals surface area contributed by atoms with Crippen molar-refractivity contribution < 1.29 is 27.5 Å². The van der Waals surface area contributed by atoms with Crippen LogP contribution < -0.4 is 5.32 Å². The number of halogens is 1. The molecule has 31 heavy (non-hydrogen) atoms. The number of ether oxygens (including phenoxy) is 1. The van der Waals surface area contributed by atoms with E-state index in [4.69, 9.17) is 16.3 Å². The lowest BCUT2D eigenvalue weighted by Gasteiger charge is -2.26. The first-order chi connectivity index (χ1) is 14.7. The summed E-state index contributed by atoms with van der Waals surface area (Å²) < 4.78 is 32.3. The van der Waals surface area contributed by atoms with Crippen LogP contribution in [0.3, 0.4) is 0 Å². The molecule has 170 valence electrons. The number of carbonyl (C=O) groups is 3. The molecular weight excluding hydrogens is 466 g/mol. The molecule has 1 aromatic rings. The molecule has 2 aliphatic rings. The minimum atomic E-state index is -3.70. The number of nitrogens with one attached hydrogen (secondary N) is 1. The van der Waals surface area contributed by atoms with Gasteiger partial charge in [-0.15, -0.1) is 11.8 Å². The van der Waals surface area contributed by atoms with E-state index in [1.807, 2.05) is 0 Å². The Labute approximate surface area is 190 Å². The second kappa shape index (κ2) is 10.2. The van der Waals surface area contributed by atoms with Crippen molar-refractivity contribution in [1.29, 1.82) is 0 Å². The van der Waals surface area contributed by atoms with E-state index < -0.39 is 28.0 Å². The zero-order valence-electron chi connectivity index (χ0n) is 17.0. The lowest BCUT2D eigenvalue weighted by atomic mass is 10.2. The van der Waals surface area contributed by atoms with E-state index >= 15 is 0 Å². The highest BCUT2D eigenvalue weighted by Gasteiger charge is 2.28. The minimum Gasteiger partial charge on any atom is -0.451 e. The molecule has 2 aliphatic heterocycles. The maximum absolute atomic E-state index is 12.9. The summed E-state index contributed by atoms with van der Waals surface area (Å²) in [6.45, 7) is 2.07. The Kier molecular flexibility index (Phi) is 7.84. The van der Waals surface area contributed by atoms with Crippen LogP contribution in [0.5, 0.6) is 0 Å². The van der Waals surface area contributed by atoms with E-state index in [-0.39, 0.29) is 28.1 Å². The average molecular weight is 490 g/mol. The lowest BCUT2D eigenvalue weighted by molar-refractivity contribution is -0.155. The van der Waals surface area contributed by atoms with Gasteiger partial charge in [-0.3, -0.25) is 14.4 Å². The molecule has 2 amide bonds. The summed E-state index contributed by atoms with van der Waals surface area (Å²) in [5, 5.41) is 2.67. The third kappa shape index (κ3) is 5.91. The van der Waals surface area contributed by atoms with Crippen LogP contribution in [-0.2, 0) is 29.1 Å². The quantitative estimate of drug-likeness (QED) is 0.582. The number of rotatable bonds is 7. The van der Waals surface area contributed by atoms with Crippen LogP contribution >= 0.6 is 23.4 Å². The van der Waals surface area contributed by atoms with Crippen molar-refractivity contribution in [3.05, 3.63) is 23.2 Å². The number of benzene rings is 1. The lowest BCUT2D eigenvalue weighted by Crippen LogP contribution is -2.37. The third-order valence-electron chi connectivity index (χ3n) is 4.97. The Hall–Kier alpha value is -1.82. The van der Waals surface area contributed by atoms with Crippen LogP contribution in [0.15, 0.2) is 23.1 Å². The van der Waals surface area contributed by atoms with Gasteiger partial charge in [-0.05, 0) is 38.0 Å². The molecule has 1 atom stereocenters. The van der Waals surface area contributed by atoms with Crippen LogP contribution in [0.2, 0.25) is 5.02 Å². The highest BCUT2D eigenvalue weighted by Crippen LogP contribution is 2.28. The van der Waals surface area contributed by atoms with Gasteiger partial charge in [-0.1, -0.05) is 18.0 Å². The van der Waals surface area contributed by atoms with Gasteiger partial charge in [0.15, 0.2) is 6.10 Å². The Morgan fingerprint density at radius 3 is 2.61 bits per heavy atom. The van der Waals surface area contributed by atoms with Gasteiger partial charge in [0.1, 0.15) is 6.54 Å². The average Bonchev–Trinajstić information content (AvgIpc) is 3.14. The van der Waals surface area contributed by atoms with Gasteiger partial charge in [0.25, 0.3) is 5.91 Å². The molecule has 0 spiro atoms. The fourth-order valence-electron chi connectivity index (χ4n) is 3.23. The molecule has 0 aromatic heterocycles. The molecule has 3 rings (SSSR count). The molecule has 1 N–H and O–H groups in total. The van der Waals surface area contributed by atoms with E-state index in [2.05, 4.69) is 5.32 Å². The maximum Gasteiger partial charge on any atom is 0.326 e. The molecule has 0 unspecified atom stereocenters. The summed E-state index contributed by atoms with van der Waals surface area (Å²) in [6, 6.07) is 4.11. The van der Waals surface area contributed by atoms with Crippen molar-refractivity contribution in [3.63, 3.8) is 0 Å². The van der Waals surface area contributed by atoms with Crippen LogP contribution in [0.4, 0.5) is 5.69 Å². The highest BCUT2D eigenvalue weighted by molar-refractivity contribution is 8.00. The first-order valence-corrected chi connectivity index (χ1v) is 12.8. The molecule has 12 heteroatoms. The number of hydrogen-bond donors (Lipinski definition) is 1. The molecule has 1 aromatic carbocycles. The van der Waals surface area contributed by atoms with Crippen molar-refractivity contribution in [2.45, 2.75) is 37.2 Å². The number of hydrogen-bond acceptors (Lipinski definition) is 7. The minimum absolute atomic E-state index is 0.0313. The predicted octanol–water partition coefficient (Wildman–Crippen LogP) is 1.92. The molecule has 0 aliphatic carbocycles. The van der Waals surface area contributed by atoms with Crippen molar-refractivity contribution in [2.24, 2.45) is 0 Å². The number of esters is 1. The fraction of sp³-hybridized carbons (Fsp3) is 0.526. The molecule has 0 bridgehead atoms. The topological polar surface area (TPSA) is 113 Å². The summed E-state index contributed by atoms with van der Waals surface area (Å²) in [5.41, 5.74) is 0.110. The normalized spacial score (nSPS) is 18.6. The summed E-state index contributed by atoms with van der Waals surface area (Å²) >= 11 is 7.54. The number of nitrogens with zero attached hydrogens (tertiary/aromatic N) is 2. The molecule has 0 radical (unpaired) electrons. The number of anilines is 1. The zero-order valence-corrected chi connectivity index (χ0v) is 19.4. The number of piperidine rings is 1. The van der Waals surface area contributed by atoms with Gasteiger partial charge in [0.05, 0.1) is 27.2 Å². The molecule has 2 fully saturated rings. The number of carbonyl (C=O) groups excluding carboxylic acids is 3. The molecule has 9 nitrogen and oxygen atoms in total. The van der Waals surface area contributed by atoms with Crippen molar-refractivity contribution in [1.82, 2.24) is 9.21 Å². The molecule has 0 saturated carbocycles. The van der Waals surface area contributed by atoms with Gasteiger partial charge >= 0.3 is 5.97 Å². The van der Waals surface area contributed by atoms with Crippen LogP contribution in [0.25, 0.3) is 0 Å². The second-order valence-corrected chi connectivity index (χ2v) is 10.6. The third-order valence-corrected chi connectivity index (χ3v) is 8.14. The van der Waals surface area contributed by atoms with Crippen molar-refractivity contribution in [3.8, 4) is 0 Å². The van der Waals surface area contributed by atoms with E-state index in [9.17, 15) is 22.8 Å². The highest BCUT2D eigenvalue weighted by atomic mass is 35.5. The van der Waals surface area contributed by atoms with E-state index in [1.54, 1.807) is 0 Å². The van der Waals surface area contributed by atoms with Crippen LogP contribution in [0, 0.1) is 0 Å². The van der Waals surface area contributed by atoms with Gasteiger partial charge in [0, 0.05) is 13.1 Å². The van der Waals surface area contributed by atoms with Gasteiger partial charge < -0.3 is 15.0 Å². The summed E-state index contributed by atoms with van der Waals surface area (Å²) in [5.74, 6) is -0.797. The van der Waals surface area contributed by atoms with Gasteiger partial charge in [-0.2, -0.15) is 4.31 Å². The van der Waals surface area contributed by atoms with Gasteiger partial charge in [-0.25, -0.2) is 8.42 Å². The largest absolute Gasteiger partial charge is 0.451 e. The summed E-state index contributed by atoms with van der Waals surface area (Å²) in [7, 11) is -3.70. The first kappa shape index (κ1) is 23.8. The Morgan fingerprint density at radius 1 is 1.26 bits per heavy atom. The molecular formula is C19H24ClN3O6S2.